The lowest BCUT2D eigenvalue weighted by Crippen LogP contribution is -2.21. The van der Waals surface area contributed by atoms with Crippen molar-refractivity contribution < 1.29 is 14.6 Å². The standard InChI is InChI=1S/C11H15NO3/c1-8(12-4-5-13)9-2-3-10-11(6-9)15-7-14-10/h2-3,6,8,12-13H,4-5,7H2,1H3/t8-/m0/s1. The summed E-state index contributed by atoms with van der Waals surface area (Å²) in [7, 11) is 0. The van der Waals surface area contributed by atoms with Gasteiger partial charge in [0.15, 0.2) is 11.5 Å². The van der Waals surface area contributed by atoms with Crippen LogP contribution in [0.2, 0.25) is 0 Å². The molecule has 82 valence electrons. The number of hydrogen-bond acceptors (Lipinski definition) is 4. The molecule has 0 saturated heterocycles. The van der Waals surface area contributed by atoms with E-state index in [-0.39, 0.29) is 12.6 Å². The predicted octanol–water partition coefficient (Wildman–Crippen LogP) is 1.06. The molecule has 4 nitrogen and oxygen atoms in total. The second-order valence-corrected chi connectivity index (χ2v) is 3.51. The molecule has 1 atom stereocenters. The average molecular weight is 209 g/mol. The fourth-order valence-electron chi connectivity index (χ4n) is 1.58. The Balaban J connectivity index is 2.08. The van der Waals surface area contributed by atoms with Gasteiger partial charge in [-0.1, -0.05) is 6.07 Å². The van der Waals surface area contributed by atoms with Crippen molar-refractivity contribution in [3.05, 3.63) is 23.8 Å². The number of nitrogens with one attached hydrogen (secondary N) is 1. The molecule has 0 aliphatic carbocycles. The molecule has 0 saturated carbocycles. The van der Waals surface area contributed by atoms with Crippen molar-refractivity contribution >= 4 is 0 Å². The maximum Gasteiger partial charge on any atom is 0.231 e. The first-order valence-corrected chi connectivity index (χ1v) is 5.05. The third kappa shape index (κ3) is 2.22. The van der Waals surface area contributed by atoms with Gasteiger partial charge in [0, 0.05) is 12.6 Å². The van der Waals surface area contributed by atoms with Crippen LogP contribution in [0.5, 0.6) is 11.5 Å². The van der Waals surface area contributed by atoms with Crippen LogP contribution < -0.4 is 14.8 Å². The molecule has 1 aliphatic rings. The highest BCUT2D eigenvalue weighted by Crippen LogP contribution is 2.33. The highest BCUT2D eigenvalue weighted by molar-refractivity contribution is 5.45. The summed E-state index contributed by atoms with van der Waals surface area (Å²) in [6.07, 6.45) is 0. The molecule has 0 aromatic heterocycles. The van der Waals surface area contributed by atoms with Gasteiger partial charge >= 0.3 is 0 Å². The lowest BCUT2D eigenvalue weighted by Gasteiger charge is -2.13. The zero-order chi connectivity index (χ0) is 10.7. The fourth-order valence-corrected chi connectivity index (χ4v) is 1.58. The molecule has 1 aromatic carbocycles. The van der Waals surface area contributed by atoms with E-state index in [9.17, 15) is 0 Å². The number of fused-ring (bicyclic) bond motifs is 1. The normalized spacial score (nSPS) is 15.3. The summed E-state index contributed by atoms with van der Waals surface area (Å²) >= 11 is 0. The summed E-state index contributed by atoms with van der Waals surface area (Å²) in [6, 6.07) is 6.08. The number of rotatable bonds is 4. The molecule has 0 bridgehead atoms. The van der Waals surface area contributed by atoms with Crippen LogP contribution in [0.3, 0.4) is 0 Å². The molecule has 0 radical (unpaired) electrons. The summed E-state index contributed by atoms with van der Waals surface area (Å²) in [5, 5.41) is 11.9. The molecule has 0 amide bonds. The maximum absolute atomic E-state index is 8.71. The fraction of sp³-hybridized carbons (Fsp3) is 0.455. The molecule has 1 aromatic rings. The van der Waals surface area contributed by atoms with E-state index in [2.05, 4.69) is 5.32 Å². The summed E-state index contributed by atoms with van der Waals surface area (Å²) in [4.78, 5) is 0. The molecule has 4 heteroatoms. The smallest absolute Gasteiger partial charge is 0.231 e. The third-order valence-electron chi connectivity index (χ3n) is 2.46. The van der Waals surface area contributed by atoms with E-state index >= 15 is 0 Å². The maximum atomic E-state index is 8.71. The molecule has 1 aliphatic heterocycles. The van der Waals surface area contributed by atoms with Crippen LogP contribution in [-0.2, 0) is 0 Å². The predicted molar refractivity (Wildman–Crippen MR) is 56.1 cm³/mol. The Hall–Kier alpha value is -1.26. The van der Waals surface area contributed by atoms with E-state index in [1.807, 2.05) is 25.1 Å². The van der Waals surface area contributed by atoms with Crippen LogP contribution in [0.4, 0.5) is 0 Å². The number of benzene rings is 1. The van der Waals surface area contributed by atoms with Gasteiger partial charge < -0.3 is 19.9 Å². The Labute approximate surface area is 88.8 Å². The first kappa shape index (κ1) is 10.3. The molecule has 15 heavy (non-hydrogen) atoms. The van der Waals surface area contributed by atoms with Gasteiger partial charge in [0.25, 0.3) is 0 Å². The number of aliphatic hydroxyl groups is 1. The largest absolute Gasteiger partial charge is 0.454 e. The van der Waals surface area contributed by atoms with Crippen molar-refractivity contribution in [1.29, 1.82) is 0 Å². The topological polar surface area (TPSA) is 50.7 Å². The second kappa shape index (κ2) is 4.51. The second-order valence-electron chi connectivity index (χ2n) is 3.51. The summed E-state index contributed by atoms with van der Waals surface area (Å²) in [5.41, 5.74) is 1.13. The molecule has 0 fully saturated rings. The molecular formula is C11H15NO3. The number of aliphatic hydroxyl groups excluding tert-OH is 1. The third-order valence-corrected chi connectivity index (χ3v) is 2.46. The number of ether oxygens (including phenoxy) is 2. The monoisotopic (exact) mass is 209 g/mol. The molecule has 0 unspecified atom stereocenters. The van der Waals surface area contributed by atoms with Gasteiger partial charge in [0.05, 0.1) is 6.61 Å². The molecule has 2 rings (SSSR count). The Morgan fingerprint density at radius 1 is 1.40 bits per heavy atom. The van der Waals surface area contributed by atoms with E-state index in [0.29, 0.717) is 13.3 Å². The Bertz CT molecular complexity index is 341. The average Bonchev–Trinajstić information content (AvgIpc) is 2.72. The number of hydrogen-bond donors (Lipinski definition) is 2. The van der Waals surface area contributed by atoms with Crippen molar-refractivity contribution in [3.63, 3.8) is 0 Å². The SMILES string of the molecule is C[C@H](NCCO)c1ccc2c(c1)OCO2. The van der Waals surface area contributed by atoms with Crippen LogP contribution in [-0.4, -0.2) is 25.1 Å². The Morgan fingerprint density at radius 3 is 3.00 bits per heavy atom. The first-order chi connectivity index (χ1) is 7.31. The van der Waals surface area contributed by atoms with E-state index in [1.165, 1.54) is 0 Å². The minimum Gasteiger partial charge on any atom is -0.454 e. The van der Waals surface area contributed by atoms with Crippen molar-refractivity contribution in [2.75, 3.05) is 19.9 Å². The summed E-state index contributed by atoms with van der Waals surface area (Å²) in [6.45, 7) is 3.09. The Morgan fingerprint density at radius 2 is 2.20 bits per heavy atom. The quantitative estimate of drug-likeness (QED) is 0.778. The van der Waals surface area contributed by atoms with Crippen molar-refractivity contribution in [2.24, 2.45) is 0 Å². The van der Waals surface area contributed by atoms with Crippen LogP contribution >= 0.6 is 0 Å². The van der Waals surface area contributed by atoms with Gasteiger partial charge in [-0.25, -0.2) is 0 Å². The molecule has 1 heterocycles. The van der Waals surface area contributed by atoms with E-state index in [1.54, 1.807) is 0 Å². The zero-order valence-corrected chi connectivity index (χ0v) is 8.69. The minimum absolute atomic E-state index is 0.148. The lowest BCUT2D eigenvalue weighted by atomic mass is 10.1. The van der Waals surface area contributed by atoms with Gasteiger partial charge in [0.1, 0.15) is 0 Å². The minimum atomic E-state index is 0.148. The van der Waals surface area contributed by atoms with Crippen molar-refractivity contribution in [1.82, 2.24) is 5.32 Å². The van der Waals surface area contributed by atoms with Crippen LogP contribution in [0.1, 0.15) is 18.5 Å². The van der Waals surface area contributed by atoms with Crippen LogP contribution in [0, 0.1) is 0 Å². The van der Waals surface area contributed by atoms with Gasteiger partial charge in [-0.3, -0.25) is 0 Å². The van der Waals surface area contributed by atoms with Gasteiger partial charge in [-0.05, 0) is 24.6 Å². The van der Waals surface area contributed by atoms with E-state index in [4.69, 9.17) is 14.6 Å². The molecule has 0 spiro atoms. The van der Waals surface area contributed by atoms with Crippen LogP contribution in [0.25, 0.3) is 0 Å². The first-order valence-electron chi connectivity index (χ1n) is 5.05. The van der Waals surface area contributed by atoms with Gasteiger partial charge in [-0.2, -0.15) is 0 Å². The molecular weight excluding hydrogens is 194 g/mol. The highest BCUT2D eigenvalue weighted by atomic mass is 16.7. The molecule has 2 N–H and O–H groups in total. The van der Waals surface area contributed by atoms with Crippen molar-refractivity contribution in [3.8, 4) is 11.5 Å². The highest BCUT2D eigenvalue weighted by Gasteiger charge is 2.15. The van der Waals surface area contributed by atoms with E-state index in [0.717, 1.165) is 17.1 Å². The van der Waals surface area contributed by atoms with Gasteiger partial charge in [-0.15, -0.1) is 0 Å². The zero-order valence-electron chi connectivity index (χ0n) is 8.69. The lowest BCUT2D eigenvalue weighted by molar-refractivity contribution is 0.174. The summed E-state index contributed by atoms with van der Waals surface area (Å²) in [5.74, 6) is 1.60. The van der Waals surface area contributed by atoms with Crippen LogP contribution in [0.15, 0.2) is 18.2 Å². The Kier molecular flexibility index (Phi) is 3.08. The van der Waals surface area contributed by atoms with Crippen molar-refractivity contribution in [2.45, 2.75) is 13.0 Å². The van der Waals surface area contributed by atoms with Gasteiger partial charge in [0.2, 0.25) is 6.79 Å². The summed E-state index contributed by atoms with van der Waals surface area (Å²) < 4.78 is 10.5. The van der Waals surface area contributed by atoms with E-state index < -0.39 is 0 Å².